The second kappa shape index (κ2) is 6.98. The third-order valence-electron chi connectivity index (χ3n) is 3.59. The molecule has 1 aromatic heterocycles. The molecule has 1 aliphatic heterocycles. The molecule has 108 valence electrons. The van der Waals surface area contributed by atoms with Crippen LogP contribution in [0.25, 0.3) is 0 Å². The maximum absolute atomic E-state index is 5.42. The molecule has 6 nitrogen and oxygen atoms in total. The van der Waals surface area contributed by atoms with Gasteiger partial charge >= 0.3 is 0 Å². The first-order valence-corrected chi connectivity index (χ1v) is 6.85. The number of ether oxygens (including phenoxy) is 2. The van der Waals surface area contributed by atoms with Crippen molar-refractivity contribution >= 4 is 0 Å². The summed E-state index contributed by atoms with van der Waals surface area (Å²) in [6.07, 6.45) is 2.76. The molecule has 2 rings (SSSR count). The first-order chi connectivity index (χ1) is 9.24. The summed E-state index contributed by atoms with van der Waals surface area (Å²) in [7, 11) is 1.66. The molecule has 0 spiro atoms. The fourth-order valence-electron chi connectivity index (χ4n) is 2.20. The molecule has 19 heavy (non-hydrogen) atoms. The molecule has 0 amide bonds. The molecule has 2 heterocycles. The Morgan fingerprint density at radius 2 is 2.05 bits per heavy atom. The molecule has 1 aliphatic rings. The SMILES string of the molecule is COCCOCCc1noc(C2(C)CCNCC2)n1. The fourth-order valence-corrected chi connectivity index (χ4v) is 2.20. The quantitative estimate of drug-likeness (QED) is 0.742. The molecule has 1 saturated heterocycles. The molecule has 0 atom stereocenters. The highest BCUT2D eigenvalue weighted by Crippen LogP contribution is 2.31. The van der Waals surface area contributed by atoms with Crippen LogP contribution < -0.4 is 5.32 Å². The summed E-state index contributed by atoms with van der Waals surface area (Å²) in [5, 5.41) is 7.39. The van der Waals surface area contributed by atoms with E-state index in [1.54, 1.807) is 7.11 Å². The van der Waals surface area contributed by atoms with Crippen molar-refractivity contribution in [3.05, 3.63) is 11.7 Å². The van der Waals surface area contributed by atoms with Crippen molar-refractivity contribution in [2.75, 3.05) is 40.0 Å². The number of hydrogen-bond acceptors (Lipinski definition) is 6. The van der Waals surface area contributed by atoms with Crippen LogP contribution >= 0.6 is 0 Å². The van der Waals surface area contributed by atoms with Gasteiger partial charge in [0, 0.05) is 18.9 Å². The number of aromatic nitrogens is 2. The van der Waals surface area contributed by atoms with E-state index in [0.29, 0.717) is 26.2 Å². The van der Waals surface area contributed by atoms with Crippen molar-refractivity contribution < 1.29 is 14.0 Å². The van der Waals surface area contributed by atoms with Crippen molar-refractivity contribution in [3.63, 3.8) is 0 Å². The lowest BCUT2D eigenvalue weighted by atomic mass is 9.81. The van der Waals surface area contributed by atoms with E-state index in [1.165, 1.54) is 0 Å². The zero-order valence-electron chi connectivity index (χ0n) is 11.8. The number of methoxy groups -OCH3 is 1. The van der Waals surface area contributed by atoms with Gasteiger partial charge in [-0.2, -0.15) is 4.98 Å². The lowest BCUT2D eigenvalue weighted by Gasteiger charge is -2.30. The van der Waals surface area contributed by atoms with Crippen LogP contribution in [0.5, 0.6) is 0 Å². The number of piperidine rings is 1. The van der Waals surface area contributed by atoms with Gasteiger partial charge in [0.15, 0.2) is 5.82 Å². The third-order valence-corrected chi connectivity index (χ3v) is 3.59. The topological polar surface area (TPSA) is 69.4 Å². The predicted octanol–water partition coefficient (Wildman–Crippen LogP) is 0.916. The minimum absolute atomic E-state index is 0.0212. The van der Waals surface area contributed by atoms with Gasteiger partial charge in [0.2, 0.25) is 5.89 Å². The van der Waals surface area contributed by atoms with E-state index in [-0.39, 0.29) is 5.41 Å². The minimum Gasteiger partial charge on any atom is -0.382 e. The van der Waals surface area contributed by atoms with Gasteiger partial charge in [-0.15, -0.1) is 0 Å². The van der Waals surface area contributed by atoms with Crippen LogP contribution in [-0.4, -0.2) is 50.2 Å². The molecular formula is C13H23N3O3. The van der Waals surface area contributed by atoms with Crippen LogP contribution in [0.1, 0.15) is 31.5 Å². The molecule has 0 radical (unpaired) electrons. The Kier molecular flexibility index (Phi) is 5.30. The highest BCUT2D eigenvalue weighted by atomic mass is 16.5. The summed E-state index contributed by atoms with van der Waals surface area (Å²) in [6, 6.07) is 0. The van der Waals surface area contributed by atoms with Crippen LogP contribution in [0.2, 0.25) is 0 Å². The maximum Gasteiger partial charge on any atom is 0.232 e. The van der Waals surface area contributed by atoms with Crippen LogP contribution in [0.4, 0.5) is 0 Å². The van der Waals surface area contributed by atoms with E-state index < -0.39 is 0 Å². The van der Waals surface area contributed by atoms with Gasteiger partial charge in [-0.3, -0.25) is 0 Å². The van der Waals surface area contributed by atoms with Crippen molar-refractivity contribution in [1.82, 2.24) is 15.5 Å². The van der Waals surface area contributed by atoms with Crippen LogP contribution in [-0.2, 0) is 21.3 Å². The Balaban J connectivity index is 1.81. The number of rotatable bonds is 7. The third kappa shape index (κ3) is 3.99. The highest BCUT2D eigenvalue weighted by Gasteiger charge is 2.34. The predicted molar refractivity (Wildman–Crippen MR) is 70.2 cm³/mol. The van der Waals surface area contributed by atoms with Gasteiger partial charge in [-0.25, -0.2) is 0 Å². The Morgan fingerprint density at radius 1 is 1.26 bits per heavy atom. The van der Waals surface area contributed by atoms with Gasteiger partial charge in [0.05, 0.1) is 19.8 Å². The maximum atomic E-state index is 5.42. The van der Waals surface area contributed by atoms with Crippen molar-refractivity contribution in [1.29, 1.82) is 0 Å². The van der Waals surface area contributed by atoms with E-state index in [0.717, 1.165) is 37.6 Å². The highest BCUT2D eigenvalue weighted by molar-refractivity contribution is 5.05. The molecule has 0 aromatic carbocycles. The van der Waals surface area contributed by atoms with Gasteiger partial charge in [-0.1, -0.05) is 12.1 Å². The average Bonchev–Trinajstić information content (AvgIpc) is 2.89. The largest absolute Gasteiger partial charge is 0.382 e. The summed E-state index contributed by atoms with van der Waals surface area (Å²) >= 11 is 0. The summed E-state index contributed by atoms with van der Waals surface area (Å²) in [5.74, 6) is 1.49. The first kappa shape index (κ1) is 14.4. The normalized spacial score (nSPS) is 18.6. The molecule has 0 saturated carbocycles. The molecule has 1 aromatic rings. The number of hydrogen-bond donors (Lipinski definition) is 1. The van der Waals surface area contributed by atoms with Crippen molar-refractivity contribution in [2.45, 2.75) is 31.6 Å². The number of nitrogens with zero attached hydrogens (tertiary/aromatic N) is 2. The fraction of sp³-hybridized carbons (Fsp3) is 0.846. The van der Waals surface area contributed by atoms with E-state index in [1.807, 2.05) is 0 Å². The molecular weight excluding hydrogens is 246 g/mol. The van der Waals surface area contributed by atoms with E-state index in [4.69, 9.17) is 14.0 Å². The van der Waals surface area contributed by atoms with E-state index in [2.05, 4.69) is 22.4 Å². The van der Waals surface area contributed by atoms with Crippen LogP contribution in [0.3, 0.4) is 0 Å². The van der Waals surface area contributed by atoms with Crippen molar-refractivity contribution in [2.24, 2.45) is 0 Å². The summed E-state index contributed by atoms with van der Waals surface area (Å²) in [4.78, 5) is 4.51. The average molecular weight is 269 g/mol. The zero-order chi connectivity index (χ0) is 13.6. The lowest BCUT2D eigenvalue weighted by Crippen LogP contribution is -2.37. The standard InChI is InChI=1S/C13H23N3O3/c1-13(4-6-14-7-5-13)12-15-11(16-19-12)3-8-18-10-9-17-2/h14H,3-10H2,1-2H3. The summed E-state index contributed by atoms with van der Waals surface area (Å²) in [5.41, 5.74) is 0.0212. The number of nitrogens with one attached hydrogen (secondary N) is 1. The van der Waals surface area contributed by atoms with E-state index in [9.17, 15) is 0 Å². The summed E-state index contributed by atoms with van der Waals surface area (Å²) in [6.45, 7) is 6.02. The van der Waals surface area contributed by atoms with Crippen LogP contribution in [0.15, 0.2) is 4.52 Å². The van der Waals surface area contributed by atoms with Crippen molar-refractivity contribution in [3.8, 4) is 0 Å². The zero-order valence-corrected chi connectivity index (χ0v) is 11.8. The smallest absolute Gasteiger partial charge is 0.232 e. The van der Waals surface area contributed by atoms with Crippen LogP contribution in [0, 0.1) is 0 Å². The molecule has 1 N–H and O–H groups in total. The molecule has 1 fully saturated rings. The lowest BCUT2D eigenvalue weighted by molar-refractivity contribution is 0.0714. The molecule has 0 unspecified atom stereocenters. The molecule has 0 bridgehead atoms. The van der Waals surface area contributed by atoms with E-state index >= 15 is 0 Å². The Labute approximate surface area is 113 Å². The monoisotopic (exact) mass is 269 g/mol. The molecule has 0 aliphatic carbocycles. The first-order valence-electron chi connectivity index (χ1n) is 6.85. The summed E-state index contributed by atoms with van der Waals surface area (Å²) < 4.78 is 15.7. The minimum atomic E-state index is 0.0212. The van der Waals surface area contributed by atoms with Gasteiger partial charge in [0.1, 0.15) is 0 Å². The Bertz CT molecular complexity index is 375. The van der Waals surface area contributed by atoms with Gasteiger partial charge < -0.3 is 19.3 Å². The molecule has 6 heteroatoms. The second-order valence-electron chi connectivity index (χ2n) is 5.18. The van der Waals surface area contributed by atoms with Gasteiger partial charge in [-0.05, 0) is 25.9 Å². The Hall–Kier alpha value is -0.980. The van der Waals surface area contributed by atoms with Gasteiger partial charge in [0.25, 0.3) is 0 Å². The second-order valence-corrected chi connectivity index (χ2v) is 5.18. The Morgan fingerprint density at radius 3 is 2.79 bits per heavy atom.